The van der Waals surface area contributed by atoms with Gasteiger partial charge in [0.25, 0.3) is 0 Å². The van der Waals surface area contributed by atoms with Crippen LogP contribution >= 0.6 is 11.6 Å². The lowest BCUT2D eigenvalue weighted by atomic mass is 10.1. The molecule has 1 fully saturated rings. The normalized spacial score (nSPS) is 16.9. The van der Waals surface area contributed by atoms with Crippen molar-refractivity contribution in [1.82, 2.24) is 9.97 Å². The average molecular weight is 301 g/mol. The highest BCUT2D eigenvalue weighted by Gasteiger charge is 2.27. The SMILES string of the molecule is O=C1CCc2cc(Oc3cc(Cl)nc(C4CC4)n3)ccc21. The van der Waals surface area contributed by atoms with Crippen LogP contribution in [0, 0.1) is 0 Å². The van der Waals surface area contributed by atoms with Crippen molar-refractivity contribution < 1.29 is 9.53 Å². The number of aryl methyl sites for hydroxylation is 1. The molecule has 0 saturated heterocycles. The van der Waals surface area contributed by atoms with E-state index in [0.29, 0.717) is 29.1 Å². The summed E-state index contributed by atoms with van der Waals surface area (Å²) in [5, 5.41) is 0.401. The van der Waals surface area contributed by atoms with E-state index in [-0.39, 0.29) is 5.78 Å². The van der Waals surface area contributed by atoms with Gasteiger partial charge in [-0.1, -0.05) is 11.6 Å². The molecule has 5 heteroatoms. The van der Waals surface area contributed by atoms with Crippen molar-refractivity contribution in [2.75, 3.05) is 0 Å². The molecule has 0 amide bonds. The maximum Gasteiger partial charge on any atom is 0.224 e. The molecule has 1 aromatic heterocycles. The van der Waals surface area contributed by atoms with Gasteiger partial charge in [-0.15, -0.1) is 0 Å². The third kappa shape index (κ3) is 2.51. The minimum atomic E-state index is 0.206. The largest absolute Gasteiger partial charge is 0.439 e. The number of ether oxygens (including phenoxy) is 1. The van der Waals surface area contributed by atoms with E-state index in [1.807, 2.05) is 12.1 Å². The number of carbonyl (C=O) groups excluding carboxylic acids is 1. The number of carbonyl (C=O) groups is 1. The number of Topliss-reactive ketones (excluding diaryl/α,β-unsaturated/α-hetero) is 1. The molecule has 106 valence electrons. The molecule has 1 heterocycles. The number of fused-ring (bicyclic) bond motifs is 1. The van der Waals surface area contributed by atoms with Crippen LogP contribution in [-0.2, 0) is 6.42 Å². The molecule has 0 N–H and O–H groups in total. The Bertz CT molecular complexity index is 741. The van der Waals surface area contributed by atoms with Gasteiger partial charge in [0.2, 0.25) is 5.88 Å². The number of ketones is 1. The van der Waals surface area contributed by atoms with E-state index in [2.05, 4.69) is 9.97 Å². The van der Waals surface area contributed by atoms with E-state index < -0.39 is 0 Å². The number of hydrogen-bond acceptors (Lipinski definition) is 4. The van der Waals surface area contributed by atoms with Crippen LogP contribution in [0.1, 0.15) is 46.9 Å². The zero-order valence-electron chi connectivity index (χ0n) is 11.3. The summed E-state index contributed by atoms with van der Waals surface area (Å²) in [6, 6.07) is 7.15. The standard InChI is InChI=1S/C16H13ClN2O2/c17-14-8-15(19-16(18-14)9-1-2-9)21-11-4-5-12-10(7-11)3-6-13(12)20/h4-5,7-9H,1-3,6H2. The van der Waals surface area contributed by atoms with E-state index in [1.165, 1.54) is 0 Å². The molecular weight excluding hydrogens is 288 g/mol. The van der Waals surface area contributed by atoms with Gasteiger partial charge in [-0.25, -0.2) is 4.98 Å². The maximum atomic E-state index is 11.6. The molecule has 0 atom stereocenters. The molecule has 0 radical (unpaired) electrons. The lowest BCUT2D eigenvalue weighted by molar-refractivity contribution is 0.0994. The van der Waals surface area contributed by atoms with Crippen LogP contribution in [-0.4, -0.2) is 15.8 Å². The molecule has 0 bridgehead atoms. The number of benzene rings is 1. The lowest BCUT2D eigenvalue weighted by Crippen LogP contribution is -1.97. The van der Waals surface area contributed by atoms with E-state index in [0.717, 1.165) is 36.2 Å². The predicted molar refractivity (Wildman–Crippen MR) is 78.2 cm³/mol. The van der Waals surface area contributed by atoms with Crippen molar-refractivity contribution in [2.24, 2.45) is 0 Å². The van der Waals surface area contributed by atoms with E-state index in [4.69, 9.17) is 16.3 Å². The van der Waals surface area contributed by atoms with Crippen molar-refractivity contribution in [3.05, 3.63) is 46.4 Å². The number of rotatable bonds is 3. The Balaban J connectivity index is 1.62. The first kappa shape index (κ1) is 12.8. The van der Waals surface area contributed by atoms with Crippen LogP contribution in [0.15, 0.2) is 24.3 Å². The highest BCUT2D eigenvalue weighted by Crippen LogP contribution is 2.39. The second-order valence-electron chi connectivity index (χ2n) is 5.51. The first-order chi connectivity index (χ1) is 10.2. The minimum absolute atomic E-state index is 0.206. The molecule has 2 aliphatic rings. The molecule has 2 aliphatic carbocycles. The molecule has 4 nitrogen and oxygen atoms in total. The van der Waals surface area contributed by atoms with Gasteiger partial charge >= 0.3 is 0 Å². The van der Waals surface area contributed by atoms with E-state index >= 15 is 0 Å². The van der Waals surface area contributed by atoms with Gasteiger partial charge in [-0.05, 0) is 43.0 Å². The number of nitrogens with zero attached hydrogens (tertiary/aromatic N) is 2. The van der Waals surface area contributed by atoms with Crippen molar-refractivity contribution >= 4 is 17.4 Å². The van der Waals surface area contributed by atoms with Crippen LogP contribution in [0.25, 0.3) is 0 Å². The van der Waals surface area contributed by atoms with Gasteiger partial charge in [0.15, 0.2) is 5.78 Å². The van der Waals surface area contributed by atoms with Crippen molar-refractivity contribution in [3.63, 3.8) is 0 Å². The zero-order valence-corrected chi connectivity index (χ0v) is 12.1. The number of halogens is 1. The van der Waals surface area contributed by atoms with Gasteiger partial charge in [-0.3, -0.25) is 4.79 Å². The maximum absolute atomic E-state index is 11.6. The van der Waals surface area contributed by atoms with Gasteiger partial charge in [0, 0.05) is 24.0 Å². The summed E-state index contributed by atoms with van der Waals surface area (Å²) in [6.45, 7) is 0. The van der Waals surface area contributed by atoms with Crippen molar-refractivity contribution in [1.29, 1.82) is 0 Å². The summed E-state index contributed by atoms with van der Waals surface area (Å²) in [4.78, 5) is 20.3. The Labute approximate surface area is 127 Å². The predicted octanol–water partition coefficient (Wildman–Crippen LogP) is 3.93. The quantitative estimate of drug-likeness (QED) is 0.806. The topological polar surface area (TPSA) is 52.1 Å². The van der Waals surface area contributed by atoms with Crippen molar-refractivity contribution in [2.45, 2.75) is 31.6 Å². The van der Waals surface area contributed by atoms with Crippen LogP contribution in [0.3, 0.4) is 0 Å². The van der Waals surface area contributed by atoms with Crippen LogP contribution in [0.4, 0.5) is 0 Å². The smallest absolute Gasteiger partial charge is 0.224 e. The summed E-state index contributed by atoms with van der Waals surface area (Å²) in [5.41, 5.74) is 1.85. The van der Waals surface area contributed by atoms with Crippen LogP contribution in [0.2, 0.25) is 5.15 Å². The molecule has 4 rings (SSSR count). The first-order valence-corrected chi connectivity index (χ1v) is 7.45. The van der Waals surface area contributed by atoms with Crippen LogP contribution in [0.5, 0.6) is 11.6 Å². The summed E-state index contributed by atoms with van der Waals surface area (Å²) < 4.78 is 5.79. The fourth-order valence-corrected chi connectivity index (χ4v) is 2.79. The van der Waals surface area contributed by atoms with E-state index in [9.17, 15) is 4.79 Å². The zero-order chi connectivity index (χ0) is 14.4. The summed E-state index contributed by atoms with van der Waals surface area (Å²) in [7, 11) is 0. The molecule has 1 aromatic carbocycles. The fraction of sp³-hybridized carbons (Fsp3) is 0.312. The average Bonchev–Trinajstić information content (AvgIpc) is 3.24. The number of aromatic nitrogens is 2. The second-order valence-corrected chi connectivity index (χ2v) is 5.89. The summed E-state index contributed by atoms with van der Waals surface area (Å²) in [5.74, 6) is 2.52. The van der Waals surface area contributed by atoms with Gasteiger partial charge < -0.3 is 4.74 Å². The second kappa shape index (κ2) is 4.81. The Kier molecular flexibility index (Phi) is 2.93. The van der Waals surface area contributed by atoms with Gasteiger partial charge in [0.05, 0.1) is 0 Å². The minimum Gasteiger partial charge on any atom is -0.439 e. The lowest BCUT2D eigenvalue weighted by Gasteiger charge is -2.08. The molecule has 0 unspecified atom stereocenters. The Morgan fingerprint density at radius 3 is 2.81 bits per heavy atom. The fourth-order valence-electron chi connectivity index (χ4n) is 2.61. The number of hydrogen-bond donors (Lipinski definition) is 0. The highest BCUT2D eigenvalue weighted by atomic mass is 35.5. The monoisotopic (exact) mass is 300 g/mol. The van der Waals surface area contributed by atoms with Gasteiger partial charge in [-0.2, -0.15) is 4.98 Å². The van der Waals surface area contributed by atoms with Gasteiger partial charge in [0.1, 0.15) is 16.7 Å². The van der Waals surface area contributed by atoms with E-state index in [1.54, 1.807) is 12.1 Å². The highest BCUT2D eigenvalue weighted by molar-refractivity contribution is 6.29. The molecular formula is C16H13ClN2O2. The Morgan fingerprint density at radius 2 is 2.00 bits per heavy atom. The third-order valence-electron chi connectivity index (χ3n) is 3.85. The first-order valence-electron chi connectivity index (χ1n) is 7.07. The Hall–Kier alpha value is -1.94. The molecule has 1 saturated carbocycles. The van der Waals surface area contributed by atoms with Crippen LogP contribution < -0.4 is 4.74 Å². The molecule has 0 spiro atoms. The Morgan fingerprint density at radius 1 is 1.14 bits per heavy atom. The molecule has 0 aliphatic heterocycles. The molecule has 21 heavy (non-hydrogen) atoms. The summed E-state index contributed by atoms with van der Waals surface area (Å²) >= 11 is 6.03. The molecule has 2 aromatic rings. The van der Waals surface area contributed by atoms with Crippen molar-refractivity contribution in [3.8, 4) is 11.6 Å². The third-order valence-corrected chi connectivity index (χ3v) is 4.05. The summed E-state index contributed by atoms with van der Waals surface area (Å²) in [6.07, 6.45) is 3.59.